The molecule has 2 fully saturated rings. The molecular formula is C33H57N5O12. The predicted molar refractivity (Wildman–Crippen MR) is 184 cm³/mol. The van der Waals surface area contributed by atoms with Crippen molar-refractivity contribution in [2.24, 2.45) is 17.4 Å². The van der Waals surface area contributed by atoms with E-state index in [1.165, 1.54) is 14.0 Å². The first-order chi connectivity index (χ1) is 23.1. The molecule has 3 rings (SSSR count). The maximum Gasteiger partial charge on any atom is 0.408 e. The molecule has 17 nitrogen and oxygen atoms in total. The molecule has 0 aliphatic carbocycles. The van der Waals surface area contributed by atoms with Gasteiger partial charge in [0.25, 0.3) is 0 Å². The Bertz CT molecular complexity index is 1140. The van der Waals surface area contributed by atoms with E-state index < -0.39 is 59.7 Å². The molecule has 50 heavy (non-hydrogen) atoms. The molecule has 2 aliphatic rings. The van der Waals surface area contributed by atoms with Crippen LogP contribution in [0, 0.1) is 5.92 Å². The van der Waals surface area contributed by atoms with Crippen molar-refractivity contribution in [2.45, 2.75) is 109 Å². The van der Waals surface area contributed by atoms with Crippen molar-refractivity contribution in [3.63, 3.8) is 0 Å². The lowest BCUT2D eigenvalue weighted by molar-refractivity contribution is -0.144. The van der Waals surface area contributed by atoms with E-state index in [-0.39, 0.29) is 18.0 Å². The number of alkyl carbamates (subject to hydrolysis) is 1. The van der Waals surface area contributed by atoms with Gasteiger partial charge in [0.15, 0.2) is 0 Å². The van der Waals surface area contributed by atoms with Crippen molar-refractivity contribution in [3.8, 4) is 0 Å². The number of methoxy groups -OCH3 is 1. The van der Waals surface area contributed by atoms with E-state index in [2.05, 4.69) is 20.7 Å². The van der Waals surface area contributed by atoms with Gasteiger partial charge in [-0.15, -0.1) is 0 Å². The monoisotopic (exact) mass is 715 g/mol. The van der Waals surface area contributed by atoms with Gasteiger partial charge in [-0.3, -0.25) is 19.2 Å². The lowest BCUT2D eigenvalue weighted by atomic mass is 10.1. The molecule has 0 aromatic heterocycles. The highest BCUT2D eigenvalue weighted by Gasteiger charge is 2.27. The Morgan fingerprint density at radius 2 is 1.28 bits per heavy atom. The number of carboxylic acid groups (broad SMARTS) is 4. The maximum atomic E-state index is 11.5. The van der Waals surface area contributed by atoms with E-state index in [9.17, 15) is 28.8 Å². The molecule has 11 N–H and O–H groups in total. The Labute approximate surface area is 293 Å². The van der Waals surface area contributed by atoms with Gasteiger partial charge in [0.1, 0.15) is 35.8 Å². The Morgan fingerprint density at radius 1 is 0.840 bits per heavy atom. The van der Waals surface area contributed by atoms with E-state index in [0.29, 0.717) is 6.42 Å². The fraction of sp³-hybridized carbons (Fsp3) is 0.636. The lowest BCUT2D eigenvalue weighted by Crippen LogP contribution is -2.46. The number of carboxylic acids is 4. The average Bonchev–Trinajstić information content (AvgIpc) is 3.76. The number of rotatable bonds is 9. The summed E-state index contributed by atoms with van der Waals surface area (Å²) in [6.07, 6.45) is 3.34. The second-order valence-corrected chi connectivity index (χ2v) is 12.6. The predicted octanol–water partition coefficient (Wildman–Crippen LogP) is 1.41. The summed E-state index contributed by atoms with van der Waals surface area (Å²) in [7, 11) is 1.29. The van der Waals surface area contributed by atoms with Crippen molar-refractivity contribution < 1.29 is 58.7 Å². The summed E-state index contributed by atoms with van der Waals surface area (Å²) in [6.45, 7) is 12.0. The molecule has 1 aromatic carbocycles. The summed E-state index contributed by atoms with van der Waals surface area (Å²) in [5.41, 5.74) is 10.6. The van der Waals surface area contributed by atoms with Crippen molar-refractivity contribution in [1.82, 2.24) is 16.0 Å². The van der Waals surface area contributed by atoms with Crippen LogP contribution in [0.2, 0.25) is 0 Å². The van der Waals surface area contributed by atoms with Crippen LogP contribution in [0.25, 0.3) is 0 Å². The highest BCUT2D eigenvalue weighted by atomic mass is 16.6. The number of amides is 1. The summed E-state index contributed by atoms with van der Waals surface area (Å²) in [4.78, 5) is 63.0. The summed E-state index contributed by atoms with van der Waals surface area (Å²) in [5, 5.41) is 41.3. The second-order valence-electron chi connectivity index (χ2n) is 12.6. The van der Waals surface area contributed by atoms with E-state index >= 15 is 0 Å². The number of nitrogens with two attached hydrogens (primary N) is 2. The summed E-state index contributed by atoms with van der Waals surface area (Å²) in [6, 6.07) is 6.59. The first-order valence-corrected chi connectivity index (χ1v) is 16.1. The molecule has 5 atom stereocenters. The third-order valence-corrected chi connectivity index (χ3v) is 6.52. The third kappa shape index (κ3) is 24.8. The standard InChI is InChI=1S/C11H21NO4.C9H11NO2.2C5H9NO2.C3H7NO2/c1-7(2)8(9(13)15-6)12-10(14)16-11(3,4)5;10-8(9(11)12)6-7-4-2-1-3-5-7;2*7-5(8)4-2-1-3-6-4;1-2(4)3(5)6/h7-8H,1-6H3,(H,12,14);1-5,8H,6,10H2,(H,11,12);2*4,6H,1-3H2,(H,7,8);2H,4H2,1H3,(H,5,6)/t2*8-;2*4-;2-/m00000/s1. The van der Waals surface area contributed by atoms with E-state index in [1.807, 2.05) is 44.2 Å². The lowest BCUT2D eigenvalue weighted by Gasteiger charge is -2.24. The van der Waals surface area contributed by atoms with Gasteiger partial charge < -0.3 is 57.3 Å². The maximum absolute atomic E-state index is 11.5. The van der Waals surface area contributed by atoms with E-state index in [0.717, 1.165) is 44.3 Å². The van der Waals surface area contributed by atoms with Gasteiger partial charge in [-0.1, -0.05) is 44.2 Å². The van der Waals surface area contributed by atoms with E-state index in [4.69, 9.17) is 36.6 Å². The van der Waals surface area contributed by atoms with Crippen molar-refractivity contribution in [3.05, 3.63) is 35.9 Å². The molecule has 0 radical (unpaired) electrons. The van der Waals surface area contributed by atoms with Crippen molar-refractivity contribution in [2.75, 3.05) is 20.2 Å². The minimum absolute atomic E-state index is 0.0556. The first-order valence-electron chi connectivity index (χ1n) is 16.1. The molecule has 0 unspecified atom stereocenters. The van der Waals surface area contributed by atoms with Crippen LogP contribution in [0.15, 0.2) is 30.3 Å². The fourth-order valence-electron chi connectivity index (χ4n) is 3.81. The molecule has 0 saturated carbocycles. The smallest absolute Gasteiger partial charge is 0.408 e. The summed E-state index contributed by atoms with van der Waals surface area (Å²) >= 11 is 0. The Hall–Kier alpha value is -4.32. The van der Waals surface area contributed by atoms with Crippen molar-refractivity contribution in [1.29, 1.82) is 0 Å². The van der Waals surface area contributed by atoms with Gasteiger partial charge in [0.05, 0.1) is 7.11 Å². The number of ether oxygens (including phenoxy) is 2. The molecule has 0 bridgehead atoms. The second kappa shape index (κ2) is 25.6. The largest absolute Gasteiger partial charge is 0.480 e. The minimum Gasteiger partial charge on any atom is -0.480 e. The number of carbonyl (C=O) groups is 6. The molecule has 17 heteroatoms. The number of carbonyl (C=O) groups excluding carboxylic acids is 2. The zero-order valence-electron chi connectivity index (χ0n) is 30.0. The van der Waals surface area contributed by atoms with Crippen LogP contribution in [0.1, 0.15) is 72.8 Å². The number of benzene rings is 1. The zero-order valence-corrected chi connectivity index (χ0v) is 30.0. The normalized spacial score (nSPS) is 17.9. The molecule has 2 aliphatic heterocycles. The highest BCUT2D eigenvalue weighted by molar-refractivity contribution is 5.81. The van der Waals surface area contributed by atoms with Crippen LogP contribution in [0.4, 0.5) is 4.79 Å². The third-order valence-electron chi connectivity index (χ3n) is 6.52. The summed E-state index contributed by atoms with van der Waals surface area (Å²) in [5.74, 6) is -3.89. The van der Waals surface area contributed by atoms with Gasteiger partial charge in [-0.05, 0) is 84.4 Å². The first kappa shape index (κ1) is 47.8. The van der Waals surface area contributed by atoms with Gasteiger partial charge >= 0.3 is 35.9 Å². The molecule has 0 spiro atoms. The fourth-order valence-corrected chi connectivity index (χ4v) is 3.81. The summed E-state index contributed by atoms with van der Waals surface area (Å²) < 4.78 is 9.65. The van der Waals surface area contributed by atoms with Crippen LogP contribution in [-0.4, -0.2) is 112 Å². The number of nitrogens with one attached hydrogen (secondary N) is 3. The number of esters is 1. The van der Waals surface area contributed by atoms with Crippen LogP contribution in [0.3, 0.4) is 0 Å². The van der Waals surface area contributed by atoms with Crippen LogP contribution in [0.5, 0.6) is 0 Å². The van der Waals surface area contributed by atoms with E-state index in [1.54, 1.807) is 20.8 Å². The van der Waals surface area contributed by atoms with Crippen LogP contribution < -0.4 is 27.4 Å². The van der Waals surface area contributed by atoms with Gasteiger partial charge in [0, 0.05) is 0 Å². The topological polar surface area (TPSA) is 290 Å². The van der Waals surface area contributed by atoms with Gasteiger partial charge in [0.2, 0.25) is 0 Å². The number of hydrogen-bond donors (Lipinski definition) is 9. The molecule has 286 valence electrons. The molecule has 2 saturated heterocycles. The molecule has 2 heterocycles. The van der Waals surface area contributed by atoms with Crippen molar-refractivity contribution >= 4 is 35.9 Å². The number of aliphatic carboxylic acids is 4. The van der Waals surface area contributed by atoms with Crippen LogP contribution in [-0.2, 0) is 39.9 Å². The van der Waals surface area contributed by atoms with Gasteiger partial charge in [-0.2, -0.15) is 0 Å². The van der Waals surface area contributed by atoms with Gasteiger partial charge in [-0.25, -0.2) is 9.59 Å². The average molecular weight is 716 g/mol. The molecule has 1 aromatic rings. The Balaban J connectivity index is 0. The van der Waals surface area contributed by atoms with Crippen LogP contribution >= 0.6 is 0 Å². The number of hydrogen-bond acceptors (Lipinski definition) is 12. The molecular weight excluding hydrogens is 658 g/mol. The Morgan fingerprint density at radius 3 is 1.54 bits per heavy atom. The zero-order chi connectivity index (χ0) is 39.0. The Kier molecular flexibility index (Phi) is 24.5. The SMILES string of the molecule is COC(=O)[C@@H](NC(=O)OC(C)(C)C)C(C)C.C[C@H](N)C(=O)O.N[C@@H](Cc1ccccc1)C(=O)O.O=C(O)[C@@H]1CCCN1.O=C(O)[C@@H]1CCCN1. The molecule has 1 amide bonds. The quantitative estimate of drug-likeness (QED) is 0.163. The minimum atomic E-state index is -0.963. The highest BCUT2D eigenvalue weighted by Crippen LogP contribution is 2.09.